The zero-order chi connectivity index (χ0) is 16.4. The summed E-state index contributed by atoms with van der Waals surface area (Å²) >= 11 is 5.96. The van der Waals surface area contributed by atoms with E-state index in [1.54, 1.807) is 36.4 Å². The van der Waals surface area contributed by atoms with Crippen LogP contribution in [0.2, 0.25) is 5.02 Å². The van der Waals surface area contributed by atoms with Gasteiger partial charge in [0.25, 0.3) is 11.8 Å². The Bertz CT molecular complexity index is 792. The Kier molecular flexibility index (Phi) is 4.08. The topological polar surface area (TPSA) is 76.7 Å². The van der Waals surface area contributed by atoms with Crippen molar-refractivity contribution in [3.63, 3.8) is 0 Å². The van der Waals surface area contributed by atoms with Crippen molar-refractivity contribution >= 4 is 34.8 Å². The van der Waals surface area contributed by atoms with Gasteiger partial charge >= 0.3 is 0 Å². The molecule has 0 aliphatic carbocycles. The minimum Gasteiger partial charge on any atom is -0.495 e. The lowest BCUT2D eigenvalue weighted by molar-refractivity contribution is -0.118. The van der Waals surface area contributed by atoms with Crippen molar-refractivity contribution in [1.29, 1.82) is 0 Å². The number of hydrogen-bond acceptors (Lipinski definition) is 4. The maximum Gasteiger partial charge on any atom is 0.262 e. The Morgan fingerprint density at radius 1 is 1.35 bits per heavy atom. The molecule has 2 N–H and O–H groups in total. The first-order valence-electron chi connectivity index (χ1n) is 6.79. The highest BCUT2D eigenvalue weighted by atomic mass is 35.5. The number of para-hydroxylation sites is 1. The quantitative estimate of drug-likeness (QED) is 0.906. The Hall–Kier alpha value is -2.73. The molecule has 23 heavy (non-hydrogen) atoms. The van der Waals surface area contributed by atoms with E-state index in [0.717, 1.165) is 0 Å². The molecule has 3 rings (SSSR count). The van der Waals surface area contributed by atoms with Crippen LogP contribution in [0.4, 0.5) is 11.4 Å². The molecule has 0 fully saturated rings. The van der Waals surface area contributed by atoms with Gasteiger partial charge < -0.3 is 20.1 Å². The Morgan fingerprint density at radius 2 is 2.17 bits per heavy atom. The summed E-state index contributed by atoms with van der Waals surface area (Å²) in [5.41, 5.74) is 1.22. The van der Waals surface area contributed by atoms with E-state index in [1.165, 1.54) is 7.11 Å². The molecule has 2 aromatic rings. The number of hydrogen-bond donors (Lipinski definition) is 2. The SMILES string of the molecule is COc1ccc(Cl)cc1NC(=O)c1cccc2c1OCC(=O)N2. The fourth-order valence-corrected chi connectivity index (χ4v) is 2.43. The molecule has 0 radical (unpaired) electrons. The molecule has 2 aromatic carbocycles. The number of halogens is 1. The number of carbonyl (C=O) groups is 2. The van der Waals surface area contributed by atoms with E-state index >= 15 is 0 Å². The molecule has 0 unspecified atom stereocenters. The van der Waals surface area contributed by atoms with Gasteiger partial charge in [0.1, 0.15) is 5.75 Å². The molecule has 7 heteroatoms. The summed E-state index contributed by atoms with van der Waals surface area (Å²) < 4.78 is 10.6. The van der Waals surface area contributed by atoms with E-state index in [4.69, 9.17) is 21.1 Å². The molecule has 0 saturated carbocycles. The van der Waals surface area contributed by atoms with Crippen LogP contribution in [0, 0.1) is 0 Å². The van der Waals surface area contributed by atoms with Crippen molar-refractivity contribution in [2.75, 3.05) is 24.4 Å². The molecule has 1 aliphatic heterocycles. The summed E-state index contributed by atoms with van der Waals surface area (Å²) in [5.74, 6) is 0.178. The van der Waals surface area contributed by atoms with Gasteiger partial charge in [-0.3, -0.25) is 9.59 Å². The molecule has 0 bridgehead atoms. The third-order valence-corrected chi connectivity index (χ3v) is 3.53. The lowest BCUT2D eigenvalue weighted by atomic mass is 10.1. The zero-order valence-electron chi connectivity index (χ0n) is 12.2. The molecule has 0 atom stereocenters. The fraction of sp³-hybridized carbons (Fsp3) is 0.125. The van der Waals surface area contributed by atoms with Crippen molar-refractivity contribution < 1.29 is 19.1 Å². The van der Waals surface area contributed by atoms with Crippen molar-refractivity contribution in [3.8, 4) is 11.5 Å². The van der Waals surface area contributed by atoms with Gasteiger partial charge in [0, 0.05) is 5.02 Å². The number of carbonyl (C=O) groups excluding carboxylic acids is 2. The summed E-state index contributed by atoms with van der Waals surface area (Å²) in [4.78, 5) is 23.9. The first kappa shape index (κ1) is 15.2. The molecule has 1 aliphatic rings. The summed E-state index contributed by atoms with van der Waals surface area (Å²) in [7, 11) is 1.50. The third-order valence-electron chi connectivity index (χ3n) is 3.29. The second-order valence-corrected chi connectivity index (χ2v) is 5.25. The summed E-state index contributed by atoms with van der Waals surface area (Å²) in [6, 6.07) is 9.87. The van der Waals surface area contributed by atoms with Gasteiger partial charge in [-0.15, -0.1) is 0 Å². The minimum atomic E-state index is -0.390. The van der Waals surface area contributed by atoms with Crippen LogP contribution in [0.25, 0.3) is 0 Å². The van der Waals surface area contributed by atoms with Crippen LogP contribution >= 0.6 is 11.6 Å². The summed E-state index contributed by atoms with van der Waals surface area (Å²) in [6.07, 6.45) is 0. The average Bonchev–Trinajstić information content (AvgIpc) is 2.54. The van der Waals surface area contributed by atoms with E-state index in [-0.39, 0.29) is 12.5 Å². The average molecular weight is 333 g/mol. The molecule has 6 nitrogen and oxygen atoms in total. The Balaban J connectivity index is 1.92. The van der Waals surface area contributed by atoms with Gasteiger partial charge in [-0.2, -0.15) is 0 Å². The zero-order valence-corrected chi connectivity index (χ0v) is 12.9. The lowest BCUT2D eigenvalue weighted by Crippen LogP contribution is -2.27. The van der Waals surface area contributed by atoms with E-state index in [9.17, 15) is 9.59 Å². The van der Waals surface area contributed by atoms with Crippen molar-refractivity contribution in [2.24, 2.45) is 0 Å². The van der Waals surface area contributed by atoms with E-state index in [2.05, 4.69) is 10.6 Å². The molecule has 118 valence electrons. The van der Waals surface area contributed by atoms with E-state index < -0.39 is 5.91 Å². The van der Waals surface area contributed by atoms with Crippen LogP contribution in [0.15, 0.2) is 36.4 Å². The molecule has 0 spiro atoms. The van der Waals surface area contributed by atoms with Crippen LogP contribution < -0.4 is 20.1 Å². The Labute approximate surface area is 137 Å². The Morgan fingerprint density at radius 3 is 2.96 bits per heavy atom. The molecule has 2 amide bonds. The monoisotopic (exact) mass is 332 g/mol. The maximum atomic E-state index is 12.5. The van der Waals surface area contributed by atoms with Gasteiger partial charge in [0.05, 0.1) is 24.0 Å². The van der Waals surface area contributed by atoms with Gasteiger partial charge in [-0.1, -0.05) is 17.7 Å². The third kappa shape index (κ3) is 3.07. The standard InChI is InChI=1S/C16H13ClN2O4/c1-22-13-6-5-9(17)7-12(13)19-16(21)10-3-2-4-11-15(10)23-8-14(20)18-11/h2-7H,8H2,1H3,(H,18,20)(H,19,21). The first-order valence-corrected chi connectivity index (χ1v) is 7.17. The first-order chi connectivity index (χ1) is 11.1. The molecule has 1 heterocycles. The number of benzene rings is 2. The second-order valence-electron chi connectivity index (χ2n) is 4.82. The van der Waals surface area contributed by atoms with Gasteiger partial charge in [0.2, 0.25) is 0 Å². The highest BCUT2D eigenvalue weighted by molar-refractivity contribution is 6.31. The number of methoxy groups -OCH3 is 1. The summed E-state index contributed by atoms with van der Waals surface area (Å²) in [5, 5.41) is 5.87. The van der Waals surface area contributed by atoms with E-state index in [1.807, 2.05) is 0 Å². The largest absolute Gasteiger partial charge is 0.495 e. The highest BCUT2D eigenvalue weighted by Gasteiger charge is 2.23. The highest BCUT2D eigenvalue weighted by Crippen LogP contribution is 2.33. The van der Waals surface area contributed by atoms with Crippen LogP contribution in [-0.2, 0) is 4.79 Å². The van der Waals surface area contributed by atoms with Crippen molar-refractivity contribution in [3.05, 3.63) is 47.0 Å². The molecular formula is C16H13ClN2O4. The van der Waals surface area contributed by atoms with Crippen LogP contribution in [0.1, 0.15) is 10.4 Å². The predicted molar refractivity (Wildman–Crippen MR) is 86.5 cm³/mol. The number of anilines is 2. The van der Waals surface area contributed by atoms with Gasteiger partial charge in [-0.05, 0) is 30.3 Å². The second kappa shape index (κ2) is 6.18. The smallest absolute Gasteiger partial charge is 0.262 e. The summed E-state index contributed by atoms with van der Waals surface area (Å²) in [6.45, 7) is -0.127. The van der Waals surface area contributed by atoms with Crippen molar-refractivity contribution in [1.82, 2.24) is 0 Å². The molecular weight excluding hydrogens is 320 g/mol. The fourth-order valence-electron chi connectivity index (χ4n) is 2.26. The number of nitrogens with one attached hydrogen (secondary N) is 2. The van der Waals surface area contributed by atoms with Crippen LogP contribution in [0.5, 0.6) is 11.5 Å². The number of rotatable bonds is 3. The van der Waals surface area contributed by atoms with Gasteiger partial charge in [-0.25, -0.2) is 0 Å². The number of fused-ring (bicyclic) bond motifs is 1. The normalized spacial score (nSPS) is 12.7. The van der Waals surface area contributed by atoms with Crippen molar-refractivity contribution in [2.45, 2.75) is 0 Å². The number of ether oxygens (including phenoxy) is 2. The minimum absolute atomic E-state index is 0.127. The predicted octanol–water partition coefficient (Wildman–Crippen LogP) is 2.93. The van der Waals surface area contributed by atoms with Crippen LogP contribution in [0.3, 0.4) is 0 Å². The van der Waals surface area contributed by atoms with Crippen LogP contribution in [-0.4, -0.2) is 25.5 Å². The molecule has 0 saturated heterocycles. The maximum absolute atomic E-state index is 12.5. The molecule has 0 aromatic heterocycles. The van der Waals surface area contributed by atoms with Gasteiger partial charge in [0.15, 0.2) is 12.4 Å². The lowest BCUT2D eigenvalue weighted by Gasteiger charge is -2.20. The van der Waals surface area contributed by atoms with E-state index in [0.29, 0.717) is 33.5 Å². The number of amides is 2.